The van der Waals surface area contributed by atoms with E-state index in [9.17, 15) is 13.2 Å². The lowest BCUT2D eigenvalue weighted by atomic mass is 10.1. The Morgan fingerprint density at radius 2 is 1.65 bits per heavy atom. The highest BCUT2D eigenvalue weighted by atomic mass is 32.2. The number of nitrogens with one attached hydrogen (secondary N) is 1. The van der Waals surface area contributed by atoms with Crippen molar-refractivity contribution in [1.82, 2.24) is 4.72 Å². The first-order valence-corrected chi connectivity index (χ1v) is 9.20. The van der Waals surface area contributed by atoms with Gasteiger partial charge in [0, 0.05) is 6.54 Å². The van der Waals surface area contributed by atoms with Crippen molar-refractivity contribution in [1.29, 1.82) is 0 Å². The number of aryl methyl sites for hydroxylation is 1. The second kappa shape index (κ2) is 8.20. The maximum Gasteiger partial charge on any atom is 0.341 e. The molecule has 2 aromatic rings. The molecule has 0 unspecified atom stereocenters. The highest BCUT2D eigenvalue weighted by Gasteiger charge is 2.20. The number of carbonyl (C=O) groups excluding carboxylic acids is 1. The molecule has 0 bridgehead atoms. The molecule has 0 aliphatic rings. The zero-order chi connectivity index (χ0) is 19.3. The van der Waals surface area contributed by atoms with Crippen LogP contribution in [0.5, 0.6) is 11.5 Å². The first-order valence-electron chi connectivity index (χ1n) is 7.72. The maximum absolute atomic E-state index is 12.6. The molecule has 0 aromatic heterocycles. The summed E-state index contributed by atoms with van der Waals surface area (Å²) in [4.78, 5) is 11.9. The molecule has 0 saturated carbocycles. The van der Waals surface area contributed by atoms with Gasteiger partial charge in [-0.1, -0.05) is 12.1 Å². The monoisotopic (exact) mass is 379 g/mol. The van der Waals surface area contributed by atoms with Gasteiger partial charge in [0.05, 0.1) is 21.3 Å². The molecule has 0 amide bonds. The SMILES string of the molecule is COC(=O)c1cc(CNS(=O)(=O)c2cc(C)ccc2OC)ccc1OC. The molecule has 0 atom stereocenters. The lowest BCUT2D eigenvalue weighted by molar-refractivity contribution is 0.0597. The van der Waals surface area contributed by atoms with Gasteiger partial charge < -0.3 is 14.2 Å². The van der Waals surface area contributed by atoms with E-state index in [0.29, 0.717) is 11.3 Å². The number of methoxy groups -OCH3 is 3. The Balaban J connectivity index is 2.28. The van der Waals surface area contributed by atoms with Gasteiger partial charge in [0.25, 0.3) is 0 Å². The molecular formula is C18H21NO6S. The Morgan fingerprint density at radius 1 is 1.00 bits per heavy atom. The minimum atomic E-state index is -3.80. The molecule has 0 heterocycles. The molecule has 0 fully saturated rings. The highest BCUT2D eigenvalue weighted by molar-refractivity contribution is 7.89. The predicted octanol–water partition coefficient (Wildman–Crippen LogP) is 2.28. The van der Waals surface area contributed by atoms with Crippen LogP contribution in [0.25, 0.3) is 0 Å². The Hall–Kier alpha value is -2.58. The van der Waals surface area contributed by atoms with Crippen LogP contribution in [0.15, 0.2) is 41.3 Å². The highest BCUT2D eigenvalue weighted by Crippen LogP contribution is 2.25. The topological polar surface area (TPSA) is 90.9 Å². The van der Waals surface area contributed by atoms with E-state index >= 15 is 0 Å². The Labute approximate surface area is 152 Å². The van der Waals surface area contributed by atoms with E-state index in [-0.39, 0.29) is 22.8 Å². The Morgan fingerprint density at radius 3 is 2.27 bits per heavy atom. The molecule has 1 N–H and O–H groups in total. The van der Waals surface area contributed by atoms with Crippen LogP contribution < -0.4 is 14.2 Å². The fraction of sp³-hybridized carbons (Fsp3) is 0.278. The quantitative estimate of drug-likeness (QED) is 0.742. The van der Waals surface area contributed by atoms with Crippen LogP contribution in [0.4, 0.5) is 0 Å². The average molecular weight is 379 g/mol. The molecule has 0 spiro atoms. The van der Waals surface area contributed by atoms with E-state index in [2.05, 4.69) is 4.72 Å². The molecule has 0 radical (unpaired) electrons. The van der Waals surface area contributed by atoms with Crippen LogP contribution in [0.1, 0.15) is 21.5 Å². The largest absolute Gasteiger partial charge is 0.496 e. The van der Waals surface area contributed by atoms with Crippen LogP contribution in [0, 0.1) is 6.92 Å². The molecule has 140 valence electrons. The number of sulfonamides is 1. The third-order valence-electron chi connectivity index (χ3n) is 3.74. The molecule has 26 heavy (non-hydrogen) atoms. The number of hydrogen-bond acceptors (Lipinski definition) is 6. The van der Waals surface area contributed by atoms with Gasteiger partial charge in [0.2, 0.25) is 10.0 Å². The fourth-order valence-corrected chi connectivity index (χ4v) is 3.65. The maximum atomic E-state index is 12.6. The van der Waals surface area contributed by atoms with Crippen LogP contribution in [-0.2, 0) is 21.3 Å². The van der Waals surface area contributed by atoms with Crippen molar-refractivity contribution in [2.75, 3.05) is 21.3 Å². The lowest BCUT2D eigenvalue weighted by Gasteiger charge is -2.13. The van der Waals surface area contributed by atoms with Gasteiger partial charge in [0.1, 0.15) is 22.0 Å². The van der Waals surface area contributed by atoms with Crippen LogP contribution in [-0.4, -0.2) is 35.7 Å². The molecule has 2 rings (SSSR count). The van der Waals surface area contributed by atoms with Crippen molar-refractivity contribution in [2.24, 2.45) is 0 Å². The number of hydrogen-bond donors (Lipinski definition) is 1. The molecule has 0 saturated heterocycles. The summed E-state index contributed by atoms with van der Waals surface area (Å²) >= 11 is 0. The number of carbonyl (C=O) groups is 1. The molecular weight excluding hydrogens is 358 g/mol. The zero-order valence-electron chi connectivity index (χ0n) is 15.0. The van der Waals surface area contributed by atoms with Crippen LogP contribution in [0.3, 0.4) is 0 Å². The van der Waals surface area contributed by atoms with Gasteiger partial charge in [0.15, 0.2) is 0 Å². The van der Waals surface area contributed by atoms with Gasteiger partial charge in [-0.25, -0.2) is 17.9 Å². The fourth-order valence-electron chi connectivity index (χ4n) is 2.38. The molecule has 0 aliphatic heterocycles. The van der Waals surface area contributed by atoms with Gasteiger partial charge >= 0.3 is 5.97 Å². The van der Waals surface area contributed by atoms with E-state index in [1.807, 2.05) is 0 Å². The predicted molar refractivity (Wildman–Crippen MR) is 96.1 cm³/mol. The van der Waals surface area contributed by atoms with Crippen LogP contribution >= 0.6 is 0 Å². The Bertz CT molecular complexity index is 908. The summed E-state index contributed by atoms with van der Waals surface area (Å²) in [6, 6.07) is 9.69. The van der Waals surface area contributed by atoms with E-state index in [1.54, 1.807) is 31.2 Å². The van der Waals surface area contributed by atoms with Gasteiger partial charge in [-0.3, -0.25) is 0 Å². The standard InChI is InChI=1S/C18H21NO6S/c1-12-5-7-16(24-3)17(9-12)26(21,22)19-11-13-6-8-15(23-2)14(10-13)18(20)25-4/h5-10,19H,11H2,1-4H3. The summed E-state index contributed by atoms with van der Waals surface area (Å²) in [5.41, 5.74) is 1.60. The van der Waals surface area contributed by atoms with Gasteiger partial charge in [-0.15, -0.1) is 0 Å². The smallest absolute Gasteiger partial charge is 0.341 e. The number of ether oxygens (including phenoxy) is 3. The Kier molecular flexibility index (Phi) is 6.23. The molecule has 2 aromatic carbocycles. The van der Waals surface area contributed by atoms with Gasteiger partial charge in [-0.2, -0.15) is 0 Å². The van der Waals surface area contributed by atoms with E-state index in [4.69, 9.17) is 14.2 Å². The van der Waals surface area contributed by atoms with Crippen molar-refractivity contribution < 1.29 is 27.4 Å². The van der Waals surface area contributed by atoms with Crippen molar-refractivity contribution in [2.45, 2.75) is 18.4 Å². The summed E-state index contributed by atoms with van der Waals surface area (Å²) in [7, 11) is 0.316. The number of benzene rings is 2. The first-order chi connectivity index (χ1) is 12.3. The minimum absolute atomic E-state index is 0.00653. The van der Waals surface area contributed by atoms with Crippen molar-refractivity contribution in [3.63, 3.8) is 0 Å². The number of esters is 1. The molecule has 7 nitrogen and oxygen atoms in total. The minimum Gasteiger partial charge on any atom is -0.496 e. The van der Waals surface area contributed by atoms with Crippen LogP contribution in [0.2, 0.25) is 0 Å². The van der Waals surface area contributed by atoms with Gasteiger partial charge in [-0.05, 0) is 42.3 Å². The second-order valence-electron chi connectivity index (χ2n) is 5.51. The van der Waals surface area contributed by atoms with Crippen molar-refractivity contribution in [3.05, 3.63) is 53.1 Å². The average Bonchev–Trinajstić information content (AvgIpc) is 2.65. The normalized spacial score (nSPS) is 11.1. The first kappa shape index (κ1) is 19.7. The third-order valence-corrected chi connectivity index (χ3v) is 5.17. The zero-order valence-corrected chi connectivity index (χ0v) is 15.8. The second-order valence-corrected chi connectivity index (χ2v) is 7.24. The molecule has 8 heteroatoms. The van der Waals surface area contributed by atoms with E-state index in [0.717, 1.165) is 5.56 Å². The summed E-state index contributed by atoms with van der Waals surface area (Å²) in [6.07, 6.45) is 0. The summed E-state index contributed by atoms with van der Waals surface area (Å²) in [5.74, 6) is 0.0452. The number of rotatable bonds is 7. The lowest BCUT2D eigenvalue weighted by Crippen LogP contribution is -2.24. The summed E-state index contributed by atoms with van der Waals surface area (Å²) in [5, 5.41) is 0. The summed E-state index contributed by atoms with van der Waals surface area (Å²) in [6.45, 7) is 1.79. The van der Waals surface area contributed by atoms with E-state index < -0.39 is 16.0 Å². The third kappa shape index (κ3) is 4.33. The van der Waals surface area contributed by atoms with Crippen molar-refractivity contribution in [3.8, 4) is 11.5 Å². The van der Waals surface area contributed by atoms with E-state index in [1.165, 1.54) is 33.5 Å². The van der Waals surface area contributed by atoms with Crippen molar-refractivity contribution >= 4 is 16.0 Å². The summed E-state index contributed by atoms with van der Waals surface area (Å²) < 4.78 is 42.8. The molecule has 0 aliphatic carbocycles.